The Bertz CT molecular complexity index is 616. The average molecular weight is 283 g/mol. The van der Waals surface area contributed by atoms with Crippen LogP contribution >= 0.6 is 0 Å². The Morgan fingerprint density at radius 3 is 2.76 bits per heavy atom. The zero-order chi connectivity index (χ0) is 14.7. The van der Waals surface area contributed by atoms with Crippen LogP contribution in [0, 0.1) is 0 Å². The van der Waals surface area contributed by atoms with Crippen LogP contribution in [0.25, 0.3) is 5.57 Å². The molecule has 0 radical (unpaired) electrons. The average Bonchev–Trinajstić information content (AvgIpc) is 3.17. The molecule has 2 aliphatic rings. The van der Waals surface area contributed by atoms with E-state index in [9.17, 15) is 0 Å². The van der Waals surface area contributed by atoms with Gasteiger partial charge in [-0.2, -0.15) is 10.2 Å². The molecule has 110 valence electrons. The first kappa shape index (κ1) is 14.0. The lowest BCUT2D eigenvalue weighted by atomic mass is 9.90. The molecule has 0 N–H and O–H groups in total. The van der Waals surface area contributed by atoms with Gasteiger partial charge in [0.1, 0.15) is 0 Å². The molecule has 0 amide bonds. The predicted octanol–water partition coefficient (Wildman–Crippen LogP) is 3.54. The van der Waals surface area contributed by atoms with Gasteiger partial charge in [-0.3, -0.25) is 0 Å². The Morgan fingerprint density at radius 1 is 1.19 bits per heavy atom. The van der Waals surface area contributed by atoms with Crippen molar-refractivity contribution in [2.24, 2.45) is 10.2 Å². The van der Waals surface area contributed by atoms with Gasteiger partial charge in [0, 0.05) is 30.5 Å². The number of rotatable bonds is 6. The molecular formula is C17H21N3O. The molecule has 4 nitrogen and oxygen atoms in total. The van der Waals surface area contributed by atoms with Crippen LogP contribution in [0.15, 0.2) is 50.9 Å². The van der Waals surface area contributed by atoms with Crippen molar-refractivity contribution < 1.29 is 4.42 Å². The topological polar surface area (TPSA) is 41.1 Å². The fourth-order valence-corrected chi connectivity index (χ4v) is 2.78. The van der Waals surface area contributed by atoms with Crippen LogP contribution in [0.3, 0.4) is 0 Å². The maximum Gasteiger partial charge on any atom is 0.0977 e. The number of furan rings is 1. The second-order valence-corrected chi connectivity index (χ2v) is 5.33. The van der Waals surface area contributed by atoms with Crippen molar-refractivity contribution >= 4 is 17.0 Å². The molecule has 2 heterocycles. The third-order valence-corrected chi connectivity index (χ3v) is 4.17. The molecule has 3 rings (SSSR count). The van der Waals surface area contributed by atoms with E-state index < -0.39 is 0 Å². The largest absolute Gasteiger partial charge is 0.472 e. The molecule has 1 aromatic rings. The van der Waals surface area contributed by atoms with E-state index in [1.807, 2.05) is 6.07 Å². The Labute approximate surface area is 125 Å². The van der Waals surface area contributed by atoms with Gasteiger partial charge in [-0.25, -0.2) is 0 Å². The zero-order valence-electron chi connectivity index (χ0n) is 12.7. The first-order chi connectivity index (χ1) is 10.3. The van der Waals surface area contributed by atoms with Gasteiger partial charge in [0.05, 0.1) is 23.9 Å². The highest BCUT2D eigenvalue weighted by Gasteiger charge is 2.24. The smallest absolute Gasteiger partial charge is 0.0977 e. The summed E-state index contributed by atoms with van der Waals surface area (Å²) in [5.41, 5.74) is 5.80. The summed E-state index contributed by atoms with van der Waals surface area (Å²) < 4.78 is 5.15. The number of fused-ring (bicyclic) bond motifs is 1. The highest BCUT2D eigenvalue weighted by molar-refractivity contribution is 6.29. The summed E-state index contributed by atoms with van der Waals surface area (Å²) in [5.74, 6) is 0. The van der Waals surface area contributed by atoms with Gasteiger partial charge in [-0.1, -0.05) is 26.0 Å². The van der Waals surface area contributed by atoms with Crippen LogP contribution in [0.4, 0.5) is 0 Å². The van der Waals surface area contributed by atoms with E-state index in [1.54, 1.807) is 12.5 Å². The first-order valence-corrected chi connectivity index (χ1v) is 7.61. The first-order valence-electron chi connectivity index (χ1n) is 7.61. The van der Waals surface area contributed by atoms with Gasteiger partial charge in [0.2, 0.25) is 0 Å². The molecule has 21 heavy (non-hydrogen) atoms. The second-order valence-electron chi connectivity index (χ2n) is 5.33. The number of hydrogen-bond acceptors (Lipinski definition) is 4. The van der Waals surface area contributed by atoms with Crippen LogP contribution in [-0.4, -0.2) is 36.0 Å². The Morgan fingerprint density at radius 2 is 2.05 bits per heavy atom. The molecule has 0 saturated heterocycles. The van der Waals surface area contributed by atoms with Gasteiger partial charge in [-0.05, 0) is 24.7 Å². The maximum absolute atomic E-state index is 5.15. The summed E-state index contributed by atoms with van der Waals surface area (Å²) >= 11 is 0. The van der Waals surface area contributed by atoms with Crippen molar-refractivity contribution in [3.8, 4) is 0 Å². The van der Waals surface area contributed by atoms with Crippen LogP contribution in [-0.2, 0) is 0 Å². The van der Waals surface area contributed by atoms with Gasteiger partial charge >= 0.3 is 0 Å². The van der Waals surface area contributed by atoms with E-state index >= 15 is 0 Å². The second kappa shape index (κ2) is 6.22. The molecule has 0 unspecified atom stereocenters. The third-order valence-electron chi connectivity index (χ3n) is 4.17. The molecule has 1 aliphatic heterocycles. The van der Waals surface area contributed by atoms with E-state index in [0.29, 0.717) is 0 Å². The fraction of sp³-hybridized carbons (Fsp3) is 0.412. The van der Waals surface area contributed by atoms with Gasteiger partial charge in [0.15, 0.2) is 0 Å². The molecule has 0 bridgehead atoms. The van der Waals surface area contributed by atoms with E-state index in [2.05, 4.69) is 41.1 Å². The SMILES string of the molecule is CCN(CC)CCC1=NN=C2CC(c3ccoc3)=CC=C12. The fourth-order valence-electron chi connectivity index (χ4n) is 2.78. The van der Waals surface area contributed by atoms with Gasteiger partial charge < -0.3 is 9.32 Å². The minimum Gasteiger partial charge on any atom is -0.472 e. The summed E-state index contributed by atoms with van der Waals surface area (Å²) in [6.07, 6.45) is 9.61. The minimum absolute atomic E-state index is 0.837. The Balaban J connectivity index is 1.69. The summed E-state index contributed by atoms with van der Waals surface area (Å²) in [4.78, 5) is 2.41. The lowest BCUT2D eigenvalue weighted by Gasteiger charge is -2.18. The zero-order valence-corrected chi connectivity index (χ0v) is 12.7. The standard InChI is InChI=1S/C17H21N3O/c1-3-20(4-2)9-7-16-15-6-5-13(11-17(15)19-18-16)14-8-10-21-12-14/h5-6,8,10,12H,3-4,7,9,11H2,1-2H3. The van der Waals surface area contributed by atoms with Crippen LogP contribution in [0.2, 0.25) is 0 Å². The predicted molar refractivity (Wildman–Crippen MR) is 86.7 cm³/mol. The Kier molecular flexibility index (Phi) is 4.15. The Hall–Kier alpha value is -1.94. The van der Waals surface area contributed by atoms with Gasteiger partial charge in [0.25, 0.3) is 0 Å². The van der Waals surface area contributed by atoms with Crippen LogP contribution < -0.4 is 0 Å². The summed E-state index contributed by atoms with van der Waals surface area (Å²) in [6.45, 7) is 7.61. The number of hydrogen-bond donors (Lipinski definition) is 0. The van der Waals surface area contributed by atoms with Crippen molar-refractivity contribution in [2.75, 3.05) is 19.6 Å². The minimum atomic E-state index is 0.837. The molecule has 1 aromatic heterocycles. The molecular weight excluding hydrogens is 262 g/mol. The van der Waals surface area contributed by atoms with E-state index in [4.69, 9.17) is 4.42 Å². The maximum atomic E-state index is 5.15. The highest BCUT2D eigenvalue weighted by Crippen LogP contribution is 2.29. The summed E-state index contributed by atoms with van der Waals surface area (Å²) in [5, 5.41) is 8.76. The number of allylic oxidation sites excluding steroid dienone is 4. The normalized spacial score (nSPS) is 17.3. The van der Waals surface area contributed by atoms with Crippen molar-refractivity contribution in [1.82, 2.24) is 4.90 Å². The highest BCUT2D eigenvalue weighted by atomic mass is 16.3. The van der Waals surface area contributed by atoms with Crippen LogP contribution in [0.1, 0.15) is 32.3 Å². The number of nitrogens with zero attached hydrogens (tertiary/aromatic N) is 3. The van der Waals surface area contributed by atoms with Crippen molar-refractivity contribution in [3.63, 3.8) is 0 Å². The van der Waals surface area contributed by atoms with E-state index in [0.717, 1.165) is 49.5 Å². The summed E-state index contributed by atoms with van der Waals surface area (Å²) in [6, 6.07) is 1.99. The van der Waals surface area contributed by atoms with Gasteiger partial charge in [-0.15, -0.1) is 0 Å². The van der Waals surface area contributed by atoms with Crippen molar-refractivity contribution in [1.29, 1.82) is 0 Å². The molecule has 4 heteroatoms. The van der Waals surface area contributed by atoms with Crippen molar-refractivity contribution in [2.45, 2.75) is 26.7 Å². The third kappa shape index (κ3) is 2.90. The molecule has 0 atom stereocenters. The molecule has 0 aromatic carbocycles. The quantitative estimate of drug-likeness (QED) is 0.801. The molecule has 0 fully saturated rings. The molecule has 1 aliphatic carbocycles. The lowest BCUT2D eigenvalue weighted by molar-refractivity contribution is 0.313. The van der Waals surface area contributed by atoms with E-state index in [-0.39, 0.29) is 0 Å². The molecule has 0 saturated carbocycles. The molecule has 0 spiro atoms. The monoisotopic (exact) mass is 283 g/mol. The van der Waals surface area contributed by atoms with E-state index in [1.165, 1.54) is 11.1 Å². The van der Waals surface area contributed by atoms with Crippen molar-refractivity contribution in [3.05, 3.63) is 41.9 Å². The summed E-state index contributed by atoms with van der Waals surface area (Å²) in [7, 11) is 0. The van der Waals surface area contributed by atoms with Crippen LogP contribution in [0.5, 0.6) is 0 Å². The lowest BCUT2D eigenvalue weighted by Crippen LogP contribution is -2.26.